The van der Waals surface area contributed by atoms with E-state index in [4.69, 9.17) is 0 Å². The van der Waals surface area contributed by atoms with Gasteiger partial charge < -0.3 is 9.47 Å². The standard InChI is InChI=1S/C23H28FN3O2S/c1-25-13-10-21-22(25)20(28)9-16-27(30-21)12-2-11-26-14-7-18(8-15-26)23(29)17-3-5-19(24)6-4-17/h3-6,10,13,18H,2,7-9,11-12,14-16H2,1H3. The molecule has 2 aromatic rings. The number of Topliss-reactive ketones (excluding diaryl/α,β-unsaturated/α-hetero) is 2. The van der Waals surface area contributed by atoms with E-state index in [1.165, 1.54) is 12.1 Å². The van der Waals surface area contributed by atoms with Gasteiger partial charge in [0.25, 0.3) is 0 Å². The number of aromatic nitrogens is 1. The van der Waals surface area contributed by atoms with Crippen LogP contribution in [0.15, 0.2) is 41.4 Å². The smallest absolute Gasteiger partial charge is 0.181 e. The van der Waals surface area contributed by atoms with E-state index in [1.54, 1.807) is 24.1 Å². The summed E-state index contributed by atoms with van der Waals surface area (Å²) in [6, 6.07) is 7.92. The van der Waals surface area contributed by atoms with E-state index in [0.29, 0.717) is 12.0 Å². The summed E-state index contributed by atoms with van der Waals surface area (Å²) >= 11 is 1.69. The van der Waals surface area contributed by atoms with E-state index >= 15 is 0 Å². The molecule has 0 atom stereocenters. The molecule has 0 aliphatic carbocycles. The fourth-order valence-corrected chi connectivity index (χ4v) is 5.49. The van der Waals surface area contributed by atoms with Crippen molar-refractivity contribution in [2.45, 2.75) is 30.6 Å². The molecule has 3 heterocycles. The van der Waals surface area contributed by atoms with Crippen LogP contribution in [0.1, 0.15) is 46.5 Å². The van der Waals surface area contributed by atoms with Crippen LogP contribution < -0.4 is 0 Å². The number of hydrogen-bond donors (Lipinski definition) is 0. The Morgan fingerprint density at radius 1 is 1.10 bits per heavy atom. The number of hydrogen-bond acceptors (Lipinski definition) is 5. The van der Waals surface area contributed by atoms with Crippen molar-refractivity contribution in [2.24, 2.45) is 13.0 Å². The zero-order chi connectivity index (χ0) is 21.1. The quantitative estimate of drug-likeness (QED) is 0.512. The van der Waals surface area contributed by atoms with Crippen molar-refractivity contribution >= 4 is 23.5 Å². The normalized spacial score (nSPS) is 18.9. The lowest BCUT2D eigenvalue weighted by Gasteiger charge is -2.31. The van der Waals surface area contributed by atoms with Gasteiger partial charge in [0.2, 0.25) is 0 Å². The van der Waals surface area contributed by atoms with Crippen LogP contribution in [-0.2, 0) is 7.05 Å². The summed E-state index contributed by atoms with van der Waals surface area (Å²) in [5.41, 5.74) is 1.44. The first kappa shape index (κ1) is 21.3. The molecule has 1 fully saturated rings. The number of carbonyl (C=O) groups is 2. The molecule has 1 aromatic heterocycles. The molecule has 7 heteroatoms. The molecule has 5 nitrogen and oxygen atoms in total. The van der Waals surface area contributed by atoms with E-state index in [2.05, 4.69) is 9.21 Å². The Bertz CT molecular complexity index is 904. The van der Waals surface area contributed by atoms with Gasteiger partial charge in [-0.3, -0.25) is 9.59 Å². The molecule has 30 heavy (non-hydrogen) atoms. The van der Waals surface area contributed by atoms with E-state index in [1.807, 2.05) is 23.9 Å². The Kier molecular flexibility index (Phi) is 6.71. The summed E-state index contributed by atoms with van der Waals surface area (Å²) < 4.78 is 17.3. The van der Waals surface area contributed by atoms with Crippen molar-refractivity contribution in [1.29, 1.82) is 0 Å². The molecular formula is C23H28FN3O2S. The second-order valence-corrected chi connectivity index (χ2v) is 9.31. The number of fused-ring (bicyclic) bond motifs is 1. The number of rotatable bonds is 6. The fraction of sp³-hybridized carbons (Fsp3) is 0.478. The number of likely N-dealkylation sites (tertiary alicyclic amines) is 1. The fourth-order valence-electron chi connectivity index (χ4n) is 4.34. The number of aryl methyl sites for hydroxylation is 1. The third-order valence-corrected chi connectivity index (χ3v) is 7.23. The molecule has 2 aliphatic rings. The average Bonchev–Trinajstić information content (AvgIpc) is 3.03. The van der Waals surface area contributed by atoms with Crippen molar-refractivity contribution in [3.05, 3.63) is 53.6 Å². The molecule has 2 aliphatic heterocycles. The molecule has 0 amide bonds. The van der Waals surface area contributed by atoms with Gasteiger partial charge in [-0.15, -0.1) is 0 Å². The summed E-state index contributed by atoms with van der Waals surface area (Å²) in [5, 5.41) is 0. The second kappa shape index (κ2) is 9.45. The average molecular weight is 430 g/mol. The maximum Gasteiger partial charge on any atom is 0.181 e. The van der Waals surface area contributed by atoms with Crippen LogP contribution >= 0.6 is 11.9 Å². The van der Waals surface area contributed by atoms with E-state index in [0.717, 1.165) is 62.6 Å². The summed E-state index contributed by atoms with van der Waals surface area (Å²) in [6.45, 7) is 4.58. The predicted molar refractivity (Wildman–Crippen MR) is 116 cm³/mol. The first-order chi connectivity index (χ1) is 14.5. The van der Waals surface area contributed by atoms with Gasteiger partial charge in [0.05, 0.1) is 10.6 Å². The number of nitrogens with zero attached hydrogens (tertiary/aromatic N) is 3. The van der Waals surface area contributed by atoms with Gasteiger partial charge in [0.1, 0.15) is 5.82 Å². The summed E-state index contributed by atoms with van der Waals surface area (Å²) in [6.07, 6.45) is 5.28. The van der Waals surface area contributed by atoms with Gasteiger partial charge in [-0.1, -0.05) is 0 Å². The largest absolute Gasteiger partial charge is 0.347 e. The molecule has 160 valence electrons. The molecule has 1 saturated heterocycles. The van der Waals surface area contributed by atoms with Gasteiger partial charge in [-0.2, -0.15) is 0 Å². The summed E-state index contributed by atoms with van der Waals surface area (Å²) in [7, 11) is 1.93. The number of halogens is 1. The number of ketones is 2. The Balaban J connectivity index is 1.21. The first-order valence-electron chi connectivity index (χ1n) is 10.6. The summed E-state index contributed by atoms with van der Waals surface area (Å²) in [4.78, 5) is 28.4. The minimum absolute atomic E-state index is 0.0374. The van der Waals surface area contributed by atoms with Crippen LogP contribution in [0.3, 0.4) is 0 Å². The van der Waals surface area contributed by atoms with Crippen LogP contribution in [0.4, 0.5) is 4.39 Å². The van der Waals surface area contributed by atoms with Crippen molar-refractivity contribution in [3.63, 3.8) is 0 Å². The van der Waals surface area contributed by atoms with E-state index in [9.17, 15) is 14.0 Å². The minimum atomic E-state index is -0.309. The third kappa shape index (κ3) is 4.85. The molecule has 4 rings (SSSR count). The Hall–Kier alpha value is -1.96. The van der Waals surface area contributed by atoms with Crippen LogP contribution in [0.5, 0.6) is 0 Å². The van der Waals surface area contributed by atoms with Gasteiger partial charge in [-0.25, -0.2) is 8.70 Å². The lowest BCUT2D eigenvalue weighted by molar-refractivity contribution is 0.0837. The SMILES string of the molecule is Cn1ccc2c1C(=O)CCN(CCCN1CCC(C(=O)c3ccc(F)cc3)CC1)S2. The first-order valence-corrected chi connectivity index (χ1v) is 11.4. The van der Waals surface area contributed by atoms with Crippen LogP contribution in [0, 0.1) is 11.7 Å². The Labute approximate surface area is 181 Å². The lowest BCUT2D eigenvalue weighted by atomic mass is 9.89. The monoisotopic (exact) mass is 429 g/mol. The maximum atomic E-state index is 13.1. The van der Waals surface area contributed by atoms with E-state index < -0.39 is 0 Å². The highest BCUT2D eigenvalue weighted by Crippen LogP contribution is 2.31. The molecule has 0 spiro atoms. The van der Waals surface area contributed by atoms with Gasteiger partial charge in [-0.05, 0) is 81.2 Å². The molecular weight excluding hydrogens is 401 g/mol. The van der Waals surface area contributed by atoms with E-state index in [-0.39, 0.29) is 23.3 Å². The molecule has 0 radical (unpaired) electrons. The molecule has 0 bridgehead atoms. The Morgan fingerprint density at radius 3 is 2.57 bits per heavy atom. The van der Waals surface area contributed by atoms with Gasteiger partial charge >= 0.3 is 0 Å². The van der Waals surface area contributed by atoms with Crippen molar-refractivity contribution in [3.8, 4) is 0 Å². The Morgan fingerprint density at radius 2 is 1.83 bits per heavy atom. The maximum absolute atomic E-state index is 13.1. The van der Waals surface area contributed by atoms with Gasteiger partial charge in [0.15, 0.2) is 11.6 Å². The second-order valence-electron chi connectivity index (χ2n) is 8.17. The highest BCUT2D eigenvalue weighted by atomic mass is 32.2. The zero-order valence-electron chi connectivity index (χ0n) is 17.3. The number of benzene rings is 1. The number of carbonyl (C=O) groups excluding carboxylic acids is 2. The van der Waals surface area contributed by atoms with Gasteiger partial charge in [0, 0.05) is 44.2 Å². The summed E-state index contributed by atoms with van der Waals surface area (Å²) in [5.74, 6) is 0.0894. The number of piperidine rings is 1. The highest BCUT2D eigenvalue weighted by molar-refractivity contribution is 7.97. The molecule has 1 aromatic carbocycles. The predicted octanol–water partition coefficient (Wildman–Crippen LogP) is 4.04. The van der Waals surface area contributed by atoms with Crippen LogP contribution in [-0.4, -0.2) is 58.1 Å². The molecule has 0 N–H and O–H groups in total. The van der Waals surface area contributed by atoms with Crippen LogP contribution in [0.2, 0.25) is 0 Å². The topological polar surface area (TPSA) is 45.6 Å². The minimum Gasteiger partial charge on any atom is -0.347 e. The highest BCUT2D eigenvalue weighted by Gasteiger charge is 2.26. The molecule has 0 saturated carbocycles. The van der Waals surface area contributed by atoms with Crippen LogP contribution in [0.25, 0.3) is 0 Å². The van der Waals surface area contributed by atoms with Crippen molar-refractivity contribution in [1.82, 2.24) is 13.8 Å². The lowest BCUT2D eigenvalue weighted by Crippen LogP contribution is -2.37. The third-order valence-electron chi connectivity index (χ3n) is 6.08. The van der Waals surface area contributed by atoms with Crippen molar-refractivity contribution in [2.75, 3.05) is 32.7 Å². The molecule has 0 unspecified atom stereocenters. The van der Waals surface area contributed by atoms with Crippen molar-refractivity contribution < 1.29 is 14.0 Å². The zero-order valence-corrected chi connectivity index (χ0v) is 18.2.